The van der Waals surface area contributed by atoms with Gasteiger partial charge in [-0.2, -0.15) is 0 Å². The van der Waals surface area contributed by atoms with Gasteiger partial charge in [-0.05, 0) is 49.8 Å². The zero-order valence-electron chi connectivity index (χ0n) is 19.4. The van der Waals surface area contributed by atoms with E-state index >= 15 is 0 Å². The fourth-order valence-electron chi connectivity index (χ4n) is 4.13. The lowest BCUT2D eigenvalue weighted by molar-refractivity contribution is -0.151. The molecule has 0 radical (unpaired) electrons. The predicted octanol–water partition coefficient (Wildman–Crippen LogP) is 2.41. The highest BCUT2D eigenvalue weighted by Crippen LogP contribution is 2.36. The number of alkyl carbamates (subject to hydrolysis) is 1. The number of hydrogen-bond donors (Lipinski definition) is 2. The molecule has 182 valence electrons. The number of aryl methyl sites for hydroxylation is 1. The number of nitrogens with zero attached hydrogens (tertiary/aromatic N) is 2. The standard InChI is InChI=1S/C23H33N3O7/c1-15(16-6-9-19(31-2)17(13-16)5-4-10-24-22(28)32-3)26(18-7-8-18)21(27)20-14-25(23(29)30)11-12-33-20/h6,9,13,15,18,20H,4-5,7-8,10-12,14H2,1-3H3,(H,24,28)(H,29,30)/t15?,20-/m1/s1. The van der Waals surface area contributed by atoms with Crippen LogP contribution in [0.3, 0.4) is 0 Å². The van der Waals surface area contributed by atoms with E-state index in [1.54, 1.807) is 7.11 Å². The van der Waals surface area contributed by atoms with Crippen molar-refractivity contribution in [3.05, 3.63) is 29.3 Å². The monoisotopic (exact) mass is 463 g/mol. The van der Waals surface area contributed by atoms with Crippen molar-refractivity contribution < 1.29 is 33.7 Å². The molecule has 1 saturated heterocycles. The Morgan fingerprint density at radius 2 is 2.06 bits per heavy atom. The van der Waals surface area contributed by atoms with Gasteiger partial charge < -0.3 is 34.4 Å². The van der Waals surface area contributed by atoms with Crippen LogP contribution in [-0.4, -0.2) is 85.6 Å². The first-order valence-corrected chi connectivity index (χ1v) is 11.3. The highest BCUT2D eigenvalue weighted by molar-refractivity contribution is 5.83. The van der Waals surface area contributed by atoms with E-state index in [0.29, 0.717) is 19.4 Å². The maximum absolute atomic E-state index is 13.4. The molecule has 0 aromatic heterocycles. The van der Waals surface area contributed by atoms with Crippen LogP contribution in [0.1, 0.15) is 43.4 Å². The van der Waals surface area contributed by atoms with Crippen molar-refractivity contribution in [2.75, 3.05) is 40.5 Å². The van der Waals surface area contributed by atoms with Crippen LogP contribution < -0.4 is 10.1 Å². The van der Waals surface area contributed by atoms with Gasteiger partial charge in [0.2, 0.25) is 0 Å². The molecule has 2 fully saturated rings. The van der Waals surface area contributed by atoms with Crippen LogP contribution in [0.25, 0.3) is 0 Å². The third-order valence-electron chi connectivity index (χ3n) is 6.09. The third kappa shape index (κ3) is 6.28. The molecular formula is C23H33N3O7. The molecule has 33 heavy (non-hydrogen) atoms. The van der Waals surface area contributed by atoms with E-state index in [0.717, 1.165) is 29.7 Å². The van der Waals surface area contributed by atoms with Crippen LogP contribution in [0.4, 0.5) is 9.59 Å². The number of carbonyl (C=O) groups excluding carboxylic acids is 2. The van der Waals surface area contributed by atoms with Gasteiger partial charge in [-0.3, -0.25) is 4.79 Å². The van der Waals surface area contributed by atoms with Crippen molar-refractivity contribution in [1.29, 1.82) is 0 Å². The summed E-state index contributed by atoms with van der Waals surface area (Å²) in [5.41, 5.74) is 1.96. The molecule has 10 nitrogen and oxygen atoms in total. The van der Waals surface area contributed by atoms with E-state index in [-0.39, 0.29) is 37.7 Å². The molecule has 1 heterocycles. The number of hydrogen-bond acceptors (Lipinski definition) is 6. The number of nitrogens with one attached hydrogen (secondary N) is 1. The molecule has 0 bridgehead atoms. The summed E-state index contributed by atoms with van der Waals surface area (Å²) in [6, 6.07) is 5.81. The van der Waals surface area contributed by atoms with Crippen molar-refractivity contribution in [2.45, 2.75) is 50.8 Å². The Kier molecular flexibility index (Phi) is 8.37. The first kappa shape index (κ1) is 24.6. The van der Waals surface area contributed by atoms with Gasteiger partial charge in [0.25, 0.3) is 5.91 Å². The van der Waals surface area contributed by atoms with Gasteiger partial charge in [-0.1, -0.05) is 12.1 Å². The molecule has 3 rings (SSSR count). The second kappa shape index (κ2) is 11.2. The number of rotatable bonds is 9. The summed E-state index contributed by atoms with van der Waals surface area (Å²) in [5.74, 6) is 0.580. The molecule has 2 aliphatic rings. The summed E-state index contributed by atoms with van der Waals surface area (Å²) in [5, 5.41) is 12.0. The number of carbonyl (C=O) groups is 3. The number of morpholine rings is 1. The van der Waals surface area contributed by atoms with E-state index in [4.69, 9.17) is 9.47 Å². The number of amides is 3. The topological polar surface area (TPSA) is 118 Å². The molecule has 1 aliphatic carbocycles. The van der Waals surface area contributed by atoms with Crippen molar-refractivity contribution in [2.24, 2.45) is 0 Å². The molecule has 2 atom stereocenters. The van der Waals surface area contributed by atoms with Crippen molar-refractivity contribution in [3.63, 3.8) is 0 Å². The van der Waals surface area contributed by atoms with Gasteiger partial charge in [-0.25, -0.2) is 9.59 Å². The van der Waals surface area contributed by atoms with Gasteiger partial charge in [0.15, 0.2) is 6.10 Å². The summed E-state index contributed by atoms with van der Waals surface area (Å²) < 4.78 is 15.7. The zero-order chi connectivity index (χ0) is 24.0. The molecule has 3 amide bonds. The fraction of sp³-hybridized carbons (Fsp3) is 0.609. The Labute approximate surface area is 193 Å². The van der Waals surface area contributed by atoms with Crippen LogP contribution in [-0.2, 0) is 20.7 Å². The minimum atomic E-state index is -1.04. The Morgan fingerprint density at radius 1 is 1.30 bits per heavy atom. The lowest BCUT2D eigenvalue weighted by atomic mass is 9.99. The number of carboxylic acid groups (broad SMARTS) is 1. The molecular weight excluding hydrogens is 430 g/mol. The smallest absolute Gasteiger partial charge is 0.407 e. The lowest BCUT2D eigenvalue weighted by Gasteiger charge is -2.36. The van der Waals surface area contributed by atoms with Crippen LogP contribution in [0.15, 0.2) is 18.2 Å². The van der Waals surface area contributed by atoms with Crippen LogP contribution in [0.5, 0.6) is 5.75 Å². The highest BCUT2D eigenvalue weighted by Gasteiger charge is 2.41. The average Bonchev–Trinajstić information content (AvgIpc) is 3.66. The molecule has 2 N–H and O–H groups in total. The Morgan fingerprint density at radius 3 is 2.70 bits per heavy atom. The number of ether oxygens (including phenoxy) is 3. The predicted molar refractivity (Wildman–Crippen MR) is 119 cm³/mol. The largest absolute Gasteiger partial charge is 0.496 e. The molecule has 1 aromatic carbocycles. The molecule has 1 aromatic rings. The maximum atomic E-state index is 13.4. The molecule has 0 spiro atoms. The van der Waals surface area contributed by atoms with E-state index in [2.05, 4.69) is 10.1 Å². The van der Waals surface area contributed by atoms with Crippen LogP contribution >= 0.6 is 0 Å². The second-order valence-corrected chi connectivity index (χ2v) is 8.33. The summed E-state index contributed by atoms with van der Waals surface area (Å²) in [7, 11) is 2.94. The van der Waals surface area contributed by atoms with Gasteiger partial charge in [-0.15, -0.1) is 0 Å². The molecule has 1 unspecified atom stereocenters. The van der Waals surface area contributed by atoms with E-state index in [1.165, 1.54) is 12.0 Å². The lowest BCUT2D eigenvalue weighted by Crippen LogP contribution is -2.53. The first-order chi connectivity index (χ1) is 15.8. The summed E-state index contributed by atoms with van der Waals surface area (Å²) in [6.07, 6.45) is 0.944. The van der Waals surface area contributed by atoms with Gasteiger partial charge in [0.1, 0.15) is 5.75 Å². The van der Waals surface area contributed by atoms with Crippen molar-refractivity contribution in [3.8, 4) is 5.75 Å². The van der Waals surface area contributed by atoms with Crippen molar-refractivity contribution >= 4 is 18.1 Å². The van der Waals surface area contributed by atoms with E-state index in [1.807, 2.05) is 30.0 Å². The fourth-order valence-corrected chi connectivity index (χ4v) is 4.13. The minimum absolute atomic E-state index is 0.0468. The quantitative estimate of drug-likeness (QED) is 0.540. The summed E-state index contributed by atoms with van der Waals surface area (Å²) >= 11 is 0. The SMILES string of the molecule is COC(=O)NCCCc1cc(C(C)N(C(=O)[C@H]2CN(C(=O)O)CCO2)C2CC2)ccc1OC. The molecule has 10 heteroatoms. The van der Waals surface area contributed by atoms with E-state index in [9.17, 15) is 19.5 Å². The number of methoxy groups -OCH3 is 2. The summed E-state index contributed by atoms with van der Waals surface area (Å²) in [4.78, 5) is 39.1. The van der Waals surface area contributed by atoms with Crippen LogP contribution in [0.2, 0.25) is 0 Å². The van der Waals surface area contributed by atoms with E-state index < -0.39 is 18.3 Å². The average molecular weight is 464 g/mol. The normalized spacial score (nSPS) is 18.9. The maximum Gasteiger partial charge on any atom is 0.407 e. The first-order valence-electron chi connectivity index (χ1n) is 11.3. The minimum Gasteiger partial charge on any atom is -0.496 e. The molecule has 1 aliphatic heterocycles. The van der Waals surface area contributed by atoms with Crippen molar-refractivity contribution in [1.82, 2.24) is 15.1 Å². The van der Waals surface area contributed by atoms with Gasteiger partial charge in [0, 0.05) is 19.1 Å². The summed E-state index contributed by atoms with van der Waals surface area (Å²) in [6.45, 7) is 2.98. The Bertz CT molecular complexity index is 858. The van der Waals surface area contributed by atoms with Gasteiger partial charge in [0.05, 0.1) is 33.4 Å². The zero-order valence-corrected chi connectivity index (χ0v) is 19.4. The van der Waals surface area contributed by atoms with Gasteiger partial charge >= 0.3 is 12.2 Å². The Hall–Kier alpha value is -3.01. The highest BCUT2D eigenvalue weighted by atomic mass is 16.5. The third-order valence-corrected chi connectivity index (χ3v) is 6.09. The van der Waals surface area contributed by atoms with Crippen LogP contribution in [0, 0.1) is 0 Å². The molecule has 1 saturated carbocycles. The number of benzene rings is 1. The Balaban J connectivity index is 1.72. The second-order valence-electron chi connectivity index (χ2n) is 8.33.